The predicted molar refractivity (Wildman–Crippen MR) is 55.5 cm³/mol. The summed E-state index contributed by atoms with van der Waals surface area (Å²) >= 11 is 0. The lowest BCUT2D eigenvalue weighted by molar-refractivity contribution is -0.144. The molecule has 0 saturated carbocycles. The van der Waals surface area contributed by atoms with Gasteiger partial charge in [0.2, 0.25) is 6.10 Å². The molecule has 0 heterocycles. The molecule has 0 spiro atoms. The minimum Gasteiger partial charge on any atom is -0.437 e. The monoisotopic (exact) mass is 211 g/mol. The third kappa shape index (κ3) is 5.67. The minimum absolute atomic E-state index is 0.396. The minimum atomic E-state index is -1.08. The van der Waals surface area contributed by atoms with Crippen LogP contribution in [0.15, 0.2) is 24.5 Å². The van der Waals surface area contributed by atoms with E-state index in [0.29, 0.717) is 5.57 Å². The van der Waals surface area contributed by atoms with Gasteiger partial charge in [0, 0.05) is 0 Å². The first-order valence-electron chi connectivity index (χ1n) is 4.67. The zero-order valence-electron chi connectivity index (χ0n) is 8.99. The van der Waals surface area contributed by atoms with E-state index < -0.39 is 12.1 Å². The molecule has 1 atom stereocenters. The van der Waals surface area contributed by atoms with Gasteiger partial charge in [-0.2, -0.15) is 0 Å². The number of esters is 1. The summed E-state index contributed by atoms with van der Waals surface area (Å²) in [6.07, 6.45) is 3.73. The molecule has 1 unspecified atom stereocenters. The van der Waals surface area contributed by atoms with Crippen molar-refractivity contribution in [3.8, 4) is 0 Å². The van der Waals surface area contributed by atoms with Gasteiger partial charge in [-0.15, -0.1) is 0 Å². The molecule has 0 aromatic rings. The van der Waals surface area contributed by atoms with E-state index in [9.17, 15) is 9.59 Å². The van der Waals surface area contributed by atoms with E-state index in [1.165, 1.54) is 12.7 Å². The van der Waals surface area contributed by atoms with Crippen LogP contribution in [0.25, 0.3) is 0 Å². The van der Waals surface area contributed by atoms with E-state index in [2.05, 4.69) is 11.3 Å². The largest absolute Gasteiger partial charge is 0.437 e. The Labute approximate surface area is 89.6 Å². The van der Waals surface area contributed by atoms with Crippen molar-refractivity contribution in [2.75, 3.05) is 0 Å². The van der Waals surface area contributed by atoms with Crippen LogP contribution in [0.4, 0.5) is 0 Å². The second-order valence-corrected chi connectivity index (χ2v) is 3.02. The van der Waals surface area contributed by atoms with Gasteiger partial charge in [-0.25, -0.2) is 9.59 Å². The molecule has 0 aromatic heterocycles. The Balaban J connectivity index is 4.14. The molecule has 15 heavy (non-hydrogen) atoms. The van der Waals surface area contributed by atoms with Crippen LogP contribution in [0.5, 0.6) is 0 Å². The van der Waals surface area contributed by atoms with Crippen molar-refractivity contribution in [3.63, 3.8) is 0 Å². The molecule has 0 aliphatic heterocycles. The van der Waals surface area contributed by atoms with E-state index in [-0.39, 0.29) is 0 Å². The van der Waals surface area contributed by atoms with Crippen molar-refractivity contribution in [3.05, 3.63) is 24.5 Å². The highest BCUT2D eigenvalue weighted by Gasteiger charge is 2.21. The number of hydrogen-bond acceptors (Lipinski definition) is 4. The highest BCUT2D eigenvalue weighted by molar-refractivity contribution is 5.79. The van der Waals surface area contributed by atoms with Crippen molar-refractivity contribution < 1.29 is 19.1 Å². The standard InChI is InChI=1S/C11H15O4/c1-4-5-6-7-14-11(13)10(9(2)3)15-8-12/h6-7,10H,2,4-5H2,1,3H3. The quantitative estimate of drug-likeness (QED) is 0.366. The van der Waals surface area contributed by atoms with Crippen LogP contribution in [0.2, 0.25) is 0 Å². The third-order valence-corrected chi connectivity index (χ3v) is 1.56. The Morgan fingerprint density at radius 3 is 2.73 bits per heavy atom. The normalized spacial score (nSPS) is 12.1. The molecular weight excluding hydrogens is 196 g/mol. The first-order valence-corrected chi connectivity index (χ1v) is 4.67. The molecule has 0 fully saturated rings. The first-order chi connectivity index (χ1) is 7.13. The zero-order valence-corrected chi connectivity index (χ0v) is 8.99. The fourth-order valence-corrected chi connectivity index (χ4v) is 0.810. The van der Waals surface area contributed by atoms with Crippen LogP contribution < -0.4 is 0 Å². The Kier molecular flexibility index (Phi) is 6.97. The molecular formula is C11H15O4. The molecule has 0 amide bonds. The molecule has 1 radical (unpaired) electrons. The second-order valence-electron chi connectivity index (χ2n) is 3.02. The van der Waals surface area contributed by atoms with Gasteiger partial charge in [0.15, 0.2) is 0 Å². The van der Waals surface area contributed by atoms with Crippen LogP contribution in [-0.4, -0.2) is 18.5 Å². The van der Waals surface area contributed by atoms with E-state index in [1.807, 2.05) is 6.92 Å². The Bertz CT molecular complexity index is 255. The highest BCUT2D eigenvalue weighted by Crippen LogP contribution is 2.05. The average Bonchev–Trinajstić information content (AvgIpc) is 2.20. The van der Waals surface area contributed by atoms with E-state index in [1.54, 1.807) is 13.0 Å². The summed E-state index contributed by atoms with van der Waals surface area (Å²) in [4.78, 5) is 21.3. The van der Waals surface area contributed by atoms with Gasteiger partial charge in [0.25, 0.3) is 0 Å². The zero-order chi connectivity index (χ0) is 11.7. The molecule has 4 heteroatoms. The number of hydrogen-bond donors (Lipinski definition) is 0. The third-order valence-electron chi connectivity index (χ3n) is 1.56. The van der Waals surface area contributed by atoms with E-state index >= 15 is 0 Å². The topological polar surface area (TPSA) is 52.6 Å². The molecule has 0 aromatic carbocycles. The summed E-state index contributed by atoms with van der Waals surface area (Å²) in [5, 5.41) is 0. The maximum absolute atomic E-state index is 11.3. The molecule has 0 N–H and O–H groups in total. The van der Waals surface area contributed by atoms with Gasteiger partial charge < -0.3 is 9.47 Å². The van der Waals surface area contributed by atoms with Crippen molar-refractivity contribution in [1.29, 1.82) is 0 Å². The molecule has 0 aliphatic carbocycles. The highest BCUT2D eigenvalue weighted by atomic mass is 16.6. The van der Waals surface area contributed by atoms with Gasteiger partial charge in [-0.05, 0) is 25.0 Å². The predicted octanol–water partition coefficient (Wildman–Crippen LogP) is 1.87. The van der Waals surface area contributed by atoms with Crippen LogP contribution in [-0.2, 0) is 19.1 Å². The van der Waals surface area contributed by atoms with E-state index in [0.717, 1.165) is 12.8 Å². The maximum Gasteiger partial charge on any atom is 0.418 e. The van der Waals surface area contributed by atoms with Crippen LogP contribution in [0.3, 0.4) is 0 Å². The van der Waals surface area contributed by atoms with Gasteiger partial charge >= 0.3 is 12.4 Å². The van der Waals surface area contributed by atoms with Crippen LogP contribution >= 0.6 is 0 Å². The fourth-order valence-electron chi connectivity index (χ4n) is 0.810. The number of carbonyl (C=O) groups excluding carboxylic acids is 2. The van der Waals surface area contributed by atoms with Crippen LogP contribution in [0.1, 0.15) is 26.7 Å². The summed E-state index contributed by atoms with van der Waals surface area (Å²) in [7, 11) is 0. The van der Waals surface area contributed by atoms with Crippen molar-refractivity contribution in [2.24, 2.45) is 0 Å². The lowest BCUT2D eigenvalue weighted by Crippen LogP contribution is -2.25. The number of allylic oxidation sites excluding steroid dienone is 1. The van der Waals surface area contributed by atoms with Crippen molar-refractivity contribution >= 4 is 12.4 Å². The lowest BCUT2D eigenvalue weighted by Gasteiger charge is -2.10. The molecule has 0 saturated heterocycles. The number of rotatable bonds is 7. The summed E-state index contributed by atoms with van der Waals surface area (Å²) in [6, 6.07) is 0. The molecule has 83 valence electrons. The summed E-state index contributed by atoms with van der Waals surface area (Å²) in [6.45, 7) is 8.28. The van der Waals surface area contributed by atoms with Gasteiger partial charge in [-0.1, -0.05) is 19.9 Å². The van der Waals surface area contributed by atoms with Crippen molar-refractivity contribution in [1.82, 2.24) is 0 Å². The lowest BCUT2D eigenvalue weighted by atomic mass is 10.2. The number of ether oxygens (including phenoxy) is 2. The average molecular weight is 211 g/mol. The molecule has 4 nitrogen and oxygen atoms in total. The fraction of sp³-hybridized carbons (Fsp3) is 0.455. The van der Waals surface area contributed by atoms with Crippen molar-refractivity contribution in [2.45, 2.75) is 32.8 Å². The Morgan fingerprint density at radius 2 is 2.27 bits per heavy atom. The molecule has 0 bridgehead atoms. The van der Waals surface area contributed by atoms with Crippen LogP contribution in [0, 0.1) is 0 Å². The SMILES string of the molecule is C=C(C)C(O[C]=O)C(=O)OC=CCCC. The number of carbonyl (C=O) groups is 1. The van der Waals surface area contributed by atoms with Gasteiger partial charge in [-0.3, -0.25) is 0 Å². The Morgan fingerprint density at radius 1 is 1.60 bits per heavy atom. The summed E-state index contributed by atoms with van der Waals surface area (Å²) < 4.78 is 9.14. The van der Waals surface area contributed by atoms with Gasteiger partial charge in [0.1, 0.15) is 0 Å². The summed E-state index contributed by atoms with van der Waals surface area (Å²) in [5.41, 5.74) is 0.396. The smallest absolute Gasteiger partial charge is 0.418 e. The molecule has 0 aliphatic rings. The maximum atomic E-state index is 11.3. The summed E-state index contributed by atoms with van der Waals surface area (Å²) in [5.74, 6) is -0.668. The number of unbranched alkanes of at least 4 members (excludes halogenated alkanes) is 1. The molecule has 0 rings (SSSR count). The second kappa shape index (κ2) is 7.79. The van der Waals surface area contributed by atoms with Gasteiger partial charge in [0.05, 0.1) is 6.26 Å². The van der Waals surface area contributed by atoms with E-state index in [4.69, 9.17) is 4.74 Å². The Hall–Kier alpha value is -1.58. The first kappa shape index (κ1) is 13.4.